The van der Waals surface area contributed by atoms with Crippen LogP contribution in [0.2, 0.25) is 0 Å². The highest BCUT2D eigenvalue weighted by Gasteiger charge is 2.32. The van der Waals surface area contributed by atoms with Crippen LogP contribution in [-0.4, -0.2) is 46.1 Å². The maximum absolute atomic E-state index is 11.4. The smallest absolute Gasteiger partial charge is 0.224 e. The average molecular weight is 221 g/mol. The summed E-state index contributed by atoms with van der Waals surface area (Å²) in [6.45, 7) is 0.886. The Labute approximate surface area is 83.7 Å². The highest BCUT2D eigenvalue weighted by atomic mass is 32.2. The molecule has 1 aliphatic rings. The minimum Gasteiger partial charge on any atom is -0.383 e. The molecule has 1 fully saturated rings. The Morgan fingerprint density at radius 3 is 2.79 bits per heavy atom. The largest absolute Gasteiger partial charge is 0.383 e. The van der Waals surface area contributed by atoms with Gasteiger partial charge in [0.25, 0.3) is 0 Å². The molecule has 0 aliphatic carbocycles. The van der Waals surface area contributed by atoms with Crippen molar-refractivity contribution in [3.8, 4) is 0 Å². The van der Waals surface area contributed by atoms with Crippen molar-refractivity contribution < 1.29 is 17.9 Å². The van der Waals surface area contributed by atoms with E-state index in [2.05, 4.69) is 5.32 Å². The molecule has 1 amide bonds. The van der Waals surface area contributed by atoms with Crippen LogP contribution in [0.3, 0.4) is 0 Å². The molecule has 0 aromatic carbocycles. The third-order valence-corrected chi connectivity index (χ3v) is 3.98. The van der Waals surface area contributed by atoms with Crippen molar-refractivity contribution in [1.82, 2.24) is 5.32 Å². The SMILES string of the molecule is COCCNC(=O)C1CCS(=O)(=O)C1. The molecule has 1 rings (SSSR count). The van der Waals surface area contributed by atoms with Crippen LogP contribution < -0.4 is 5.32 Å². The Hall–Kier alpha value is -0.620. The predicted molar refractivity (Wildman–Crippen MR) is 51.6 cm³/mol. The molecule has 0 bridgehead atoms. The molecular formula is C8H15NO4S. The van der Waals surface area contributed by atoms with E-state index in [0.717, 1.165) is 0 Å². The van der Waals surface area contributed by atoms with Gasteiger partial charge in [-0.25, -0.2) is 8.42 Å². The maximum Gasteiger partial charge on any atom is 0.224 e. The Bertz CT molecular complexity index is 298. The molecule has 1 aliphatic heterocycles. The number of nitrogens with one attached hydrogen (secondary N) is 1. The van der Waals surface area contributed by atoms with Crippen LogP contribution >= 0.6 is 0 Å². The quantitative estimate of drug-likeness (QED) is 0.630. The first-order valence-electron chi connectivity index (χ1n) is 4.52. The van der Waals surface area contributed by atoms with Crippen LogP contribution in [0.25, 0.3) is 0 Å². The van der Waals surface area contributed by atoms with Gasteiger partial charge >= 0.3 is 0 Å². The number of carbonyl (C=O) groups excluding carboxylic acids is 1. The molecule has 0 aromatic heterocycles. The number of hydrogen-bond acceptors (Lipinski definition) is 4. The summed E-state index contributed by atoms with van der Waals surface area (Å²) >= 11 is 0. The van der Waals surface area contributed by atoms with Crippen molar-refractivity contribution in [3.05, 3.63) is 0 Å². The van der Waals surface area contributed by atoms with Gasteiger partial charge in [-0.3, -0.25) is 4.79 Å². The Morgan fingerprint density at radius 2 is 2.29 bits per heavy atom. The van der Waals surface area contributed by atoms with Crippen molar-refractivity contribution in [2.24, 2.45) is 5.92 Å². The van der Waals surface area contributed by atoms with Gasteiger partial charge < -0.3 is 10.1 Å². The molecular weight excluding hydrogens is 206 g/mol. The summed E-state index contributed by atoms with van der Waals surface area (Å²) in [5.74, 6) is -0.416. The summed E-state index contributed by atoms with van der Waals surface area (Å²) in [5.41, 5.74) is 0. The topological polar surface area (TPSA) is 72.5 Å². The lowest BCUT2D eigenvalue weighted by Gasteiger charge is -2.08. The van der Waals surface area contributed by atoms with E-state index in [0.29, 0.717) is 19.6 Å². The molecule has 0 spiro atoms. The molecule has 82 valence electrons. The zero-order valence-corrected chi connectivity index (χ0v) is 8.97. The predicted octanol–water partition coefficient (Wildman–Crippen LogP) is -0.816. The zero-order valence-electron chi connectivity index (χ0n) is 8.15. The van der Waals surface area contributed by atoms with E-state index in [1.807, 2.05) is 0 Å². The van der Waals surface area contributed by atoms with Crippen molar-refractivity contribution in [3.63, 3.8) is 0 Å². The Morgan fingerprint density at radius 1 is 1.57 bits per heavy atom. The number of methoxy groups -OCH3 is 1. The highest BCUT2D eigenvalue weighted by molar-refractivity contribution is 7.91. The van der Waals surface area contributed by atoms with Crippen LogP contribution in [0.1, 0.15) is 6.42 Å². The second kappa shape index (κ2) is 4.75. The molecule has 0 saturated carbocycles. The fourth-order valence-corrected chi connectivity index (χ4v) is 3.16. The summed E-state index contributed by atoms with van der Waals surface area (Å²) in [7, 11) is -1.42. The van der Waals surface area contributed by atoms with Crippen LogP contribution in [0, 0.1) is 5.92 Å². The van der Waals surface area contributed by atoms with Gasteiger partial charge in [-0.2, -0.15) is 0 Å². The van der Waals surface area contributed by atoms with Gasteiger partial charge in [0, 0.05) is 13.7 Å². The summed E-state index contributed by atoms with van der Waals surface area (Å²) in [5, 5.41) is 2.63. The second-order valence-electron chi connectivity index (χ2n) is 3.38. The van der Waals surface area contributed by atoms with Gasteiger partial charge in [0.2, 0.25) is 5.91 Å². The summed E-state index contributed by atoms with van der Waals surface area (Å²) in [6, 6.07) is 0. The maximum atomic E-state index is 11.4. The van der Waals surface area contributed by atoms with E-state index in [-0.39, 0.29) is 23.3 Å². The minimum absolute atomic E-state index is 0.00812. The van der Waals surface area contributed by atoms with Crippen LogP contribution in [0.5, 0.6) is 0 Å². The van der Waals surface area contributed by atoms with Gasteiger partial charge in [0.15, 0.2) is 9.84 Å². The average Bonchev–Trinajstić information content (AvgIpc) is 2.46. The van der Waals surface area contributed by atoms with E-state index in [9.17, 15) is 13.2 Å². The molecule has 14 heavy (non-hydrogen) atoms. The third-order valence-electron chi connectivity index (χ3n) is 2.21. The standard InChI is InChI=1S/C8H15NO4S/c1-13-4-3-9-8(10)7-2-5-14(11,12)6-7/h7H,2-6H2,1H3,(H,9,10). The lowest BCUT2D eigenvalue weighted by atomic mass is 10.1. The fourth-order valence-electron chi connectivity index (χ4n) is 1.42. The molecule has 1 atom stereocenters. The van der Waals surface area contributed by atoms with Crippen molar-refractivity contribution in [2.75, 3.05) is 31.8 Å². The first-order valence-corrected chi connectivity index (χ1v) is 6.34. The Balaban J connectivity index is 2.33. The van der Waals surface area contributed by atoms with Gasteiger partial charge in [-0.05, 0) is 6.42 Å². The van der Waals surface area contributed by atoms with Crippen molar-refractivity contribution in [2.45, 2.75) is 6.42 Å². The van der Waals surface area contributed by atoms with Crippen LogP contribution in [0.15, 0.2) is 0 Å². The third kappa shape index (κ3) is 3.26. The monoisotopic (exact) mass is 221 g/mol. The van der Waals surface area contributed by atoms with Gasteiger partial charge in [0.1, 0.15) is 0 Å². The summed E-state index contributed by atoms with van der Waals surface area (Å²) in [6.07, 6.45) is 0.446. The number of rotatable bonds is 4. The van der Waals surface area contributed by atoms with E-state index < -0.39 is 9.84 Å². The molecule has 5 nitrogen and oxygen atoms in total. The normalized spacial score (nSPS) is 24.8. The molecule has 1 N–H and O–H groups in total. The zero-order chi connectivity index (χ0) is 10.6. The molecule has 1 saturated heterocycles. The summed E-state index contributed by atoms with van der Waals surface area (Å²) < 4.78 is 26.9. The lowest BCUT2D eigenvalue weighted by molar-refractivity contribution is -0.124. The molecule has 1 unspecified atom stereocenters. The molecule has 0 radical (unpaired) electrons. The molecule has 0 aromatic rings. The van der Waals surface area contributed by atoms with Gasteiger partial charge in [0.05, 0.1) is 24.0 Å². The van der Waals surface area contributed by atoms with Gasteiger partial charge in [-0.15, -0.1) is 0 Å². The number of hydrogen-bond donors (Lipinski definition) is 1. The lowest BCUT2D eigenvalue weighted by Crippen LogP contribution is -2.33. The van der Waals surface area contributed by atoms with Gasteiger partial charge in [-0.1, -0.05) is 0 Å². The number of carbonyl (C=O) groups is 1. The molecule has 6 heteroatoms. The van der Waals surface area contributed by atoms with E-state index in [4.69, 9.17) is 4.74 Å². The van der Waals surface area contributed by atoms with Crippen LogP contribution in [-0.2, 0) is 19.4 Å². The van der Waals surface area contributed by atoms with Crippen LogP contribution in [0.4, 0.5) is 0 Å². The second-order valence-corrected chi connectivity index (χ2v) is 5.61. The van der Waals surface area contributed by atoms with E-state index in [1.165, 1.54) is 0 Å². The van der Waals surface area contributed by atoms with Crippen molar-refractivity contribution in [1.29, 1.82) is 0 Å². The highest BCUT2D eigenvalue weighted by Crippen LogP contribution is 2.18. The number of sulfone groups is 1. The fraction of sp³-hybridized carbons (Fsp3) is 0.875. The Kier molecular flexibility index (Phi) is 3.88. The number of ether oxygens (including phenoxy) is 1. The molecule has 1 heterocycles. The van der Waals surface area contributed by atoms with E-state index >= 15 is 0 Å². The minimum atomic E-state index is -2.96. The van der Waals surface area contributed by atoms with Crippen molar-refractivity contribution >= 4 is 15.7 Å². The number of amides is 1. The first-order chi connectivity index (χ1) is 6.55. The summed E-state index contributed by atoms with van der Waals surface area (Å²) in [4.78, 5) is 11.4. The first kappa shape index (κ1) is 11.5. The van der Waals surface area contributed by atoms with E-state index in [1.54, 1.807) is 7.11 Å².